The molecule has 0 saturated carbocycles. The van der Waals surface area contributed by atoms with Crippen LogP contribution in [0.15, 0.2) is 12.1 Å². The molecule has 1 aromatic carbocycles. The van der Waals surface area contributed by atoms with Crippen LogP contribution in [-0.4, -0.2) is 33.1 Å². The maximum absolute atomic E-state index is 12.4. The number of aliphatic hydroxyl groups excluding tert-OH is 1. The van der Waals surface area contributed by atoms with Crippen LogP contribution in [0.5, 0.6) is 17.2 Å². The van der Waals surface area contributed by atoms with Crippen molar-refractivity contribution in [2.24, 2.45) is 0 Å². The van der Waals surface area contributed by atoms with E-state index in [9.17, 15) is 9.50 Å². The van der Waals surface area contributed by atoms with Gasteiger partial charge in [0, 0.05) is 0 Å². The van der Waals surface area contributed by atoms with Crippen molar-refractivity contribution in [3.05, 3.63) is 17.7 Å². The van der Waals surface area contributed by atoms with Gasteiger partial charge in [-0.25, -0.2) is 4.39 Å². The number of hydrogen-bond donors (Lipinski definition) is 1. The van der Waals surface area contributed by atoms with E-state index >= 15 is 0 Å². The van der Waals surface area contributed by atoms with Gasteiger partial charge in [0.15, 0.2) is 11.5 Å². The summed E-state index contributed by atoms with van der Waals surface area (Å²) >= 11 is 0. The summed E-state index contributed by atoms with van der Waals surface area (Å²) in [7, 11) is 4.40. The molecular weight excluding hydrogens is 215 g/mol. The van der Waals surface area contributed by atoms with E-state index in [0.29, 0.717) is 22.8 Å². The molecule has 1 rings (SSSR count). The maximum atomic E-state index is 12.4. The van der Waals surface area contributed by atoms with Gasteiger partial charge in [-0.2, -0.15) is 0 Å². The molecule has 0 radical (unpaired) electrons. The van der Waals surface area contributed by atoms with Gasteiger partial charge in [-0.1, -0.05) is 0 Å². The maximum Gasteiger partial charge on any atom is 0.203 e. The van der Waals surface area contributed by atoms with Crippen LogP contribution in [0.2, 0.25) is 0 Å². The Bertz CT molecular complexity index is 329. The third-order valence-corrected chi connectivity index (χ3v) is 2.22. The third kappa shape index (κ3) is 2.36. The lowest BCUT2D eigenvalue weighted by atomic mass is 10.1. The van der Waals surface area contributed by atoms with Crippen molar-refractivity contribution in [2.45, 2.75) is 6.10 Å². The third-order valence-electron chi connectivity index (χ3n) is 2.22. The van der Waals surface area contributed by atoms with Crippen molar-refractivity contribution >= 4 is 0 Å². The van der Waals surface area contributed by atoms with Gasteiger partial charge in [0.25, 0.3) is 0 Å². The lowest BCUT2D eigenvalue weighted by molar-refractivity contribution is 0.141. The quantitative estimate of drug-likeness (QED) is 0.836. The first-order chi connectivity index (χ1) is 7.67. The minimum atomic E-state index is -1.19. The van der Waals surface area contributed by atoms with Crippen molar-refractivity contribution in [3.8, 4) is 17.2 Å². The summed E-state index contributed by atoms with van der Waals surface area (Å²) in [5, 5.41) is 9.41. The molecule has 0 aliphatic rings. The second-order valence-corrected chi connectivity index (χ2v) is 3.13. The number of benzene rings is 1. The van der Waals surface area contributed by atoms with Gasteiger partial charge in [0.2, 0.25) is 5.75 Å². The first-order valence-corrected chi connectivity index (χ1v) is 4.71. The van der Waals surface area contributed by atoms with Crippen LogP contribution in [0.1, 0.15) is 11.7 Å². The van der Waals surface area contributed by atoms with Crippen LogP contribution in [0, 0.1) is 0 Å². The summed E-state index contributed by atoms with van der Waals surface area (Å²) in [6.45, 7) is -0.862. The van der Waals surface area contributed by atoms with Gasteiger partial charge in [0.1, 0.15) is 12.8 Å². The highest BCUT2D eigenvalue weighted by atomic mass is 19.1. The summed E-state index contributed by atoms with van der Waals surface area (Å²) < 4.78 is 27.6. The number of halogens is 1. The topological polar surface area (TPSA) is 47.9 Å². The molecule has 0 saturated heterocycles. The van der Waals surface area contributed by atoms with E-state index < -0.39 is 12.8 Å². The van der Waals surface area contributed by atoms with E-state index in [0.717, 1.165) is 0 Å². The predicted molar refractivity (Wildman–Crippen MR) is 57.0 cm³/mol. The molecular formula is C11H15FO4. The van der Waals surface area contributed by atoms with Gasteiger partial charge in [-0.05, 0) is 17.7 Å². The second kappa shape index (κ2) is 5.55. The number of aliphatic hydroxyl groups is 1. The predicted octanol–water partition coefficient (Wildman–Crippen LogP) is 1.72. The minimum Gasteiger partial charge on any atom is -0.493 e. The molecule has 5 heteroatoms. The van der Waals surface area contributed by atoms with E-state index in [-0.39, 0.29) is 0 Å². The fourth-order valence-electron chi connectivity index (χ4n) is 1.38. The average molecular weight is 230 g/mol. The number of methoxy groups -OCH3 is 3. The Morgan fingerprint density at radius 1 is 1.12 bits per heavy atom. The van der Waals surface area contributed by atoms with Gasteiger partial charge in [0.05, 0.1) is 21.3 Å². The van der Waals surface area contributed by atoms with E-state index in [2.05, 4.69) is 0 Å². The molecule has 0 aliphatic heterocycles. The van der Waals surface area contributed by atoms with Gasteiger partial charge in [-0.15, -0.1) is 0 Å². The van der Waals surface area contributed by atoms with Gasteiger partial charge < -0.3 is 19.3 Å². The fourth-order valence-corrected chi connectivity index (χ4v) is 1.38. The Kier molecular flexibility index (Phi) is 4.37. The van der Waals surface area contributed by atoms with Crippen LogP contribution in [0.25, 0.3) is 0 Å². The zero-order chi connectivity index (χ0) is 12.1. The minimum absolute atomic E-state index is 0.386. The Morgan fingerprint density at radius 2 is 1.62 bits per heavy atom. The van der Waals surface area contributed by atoms with Crippen molar-refractivity contribution < 1.29 is 23.7 Å². The van der Waals surface area contributed by atoms with Gasteiger partial charge >= 0.3 is 0 Å². The zero-order valence-corrected chi connectivity index (χ0v) is 9.49. The van der Waals surface area contributed by atoms with E-state index in [1.807, 2.05) is 0 Å². The average Bonchev–Trinajstić information content (AvgIpc) is 2.35. The van der Waals surface area contributed by atoms with Gasteiger partial charge in [-0.3, -0.25) is 0 Å². The standard InChI is InChI=1S/C11H15FO4/c1-14-9-4-7(8(13)6-12)5-10(15-2)11(9)16-3/h4-5,8,13H,6H2,1-3H3. The molecule has 0 amide bonds. The molecule has 90 valence electrons. The highest BCUT2D eigenvalue weighted by Crippen LogP contribution is 2.39. The molecule has 1 N–H and O–H groups in total. The van der Waals surface area contributed by atoms with Crippen LogP contribution in [-0.2, 0) is 0 Å². The van der Waals surface area contributed by atoms with Crippen LogP contribution >= 0.6 is 0 Å². The summed E-state index contributed by atoms with van der Waals surface area (Å²) in [6.07, 6.45) is -1.19. The smallest absolute Gasteiger partial charge is 0.203 e. The van der Waals surface area contributed by atoms with Crippen molar-refractivity contribution in [1.82, 2.24) is 0 Å². The molecule has 1 atom stereocenters. The molecule has 0 aliphatic carbocycles. The number of ether oxygens (including phenoxy) is 3. The van der Waals surface area contributed by atoms with Crippen molar-refractivity contribution in [2.75, 3.05) is 28.0 Å². The molecule has 0 aromatic heterocycles. The van der Waals surface area contributed by atoms with E-state index in [1.54, 1.807) is 0 Å². The van der Waals surface area contributed by atoms with Crippen LogP contribution in [0.4, 0.5) is 4.39 Å². The summed E-state index contributed by atoms with van der Waals surface area (Å²) in [4.78, 5) is 0. The Balaban J connectivity index is 3.25. The number of rotatable bonds is 5. The molecule has 1 unspecified atom stereocenters. The normalized spacial score (nSPS) is 12.1. The molecule has 0 spiro atoms. The monoisotopic (exact) mass is 230 g/mol. The second-order valence-electron chi connectivity index (χ2n) is 3.13. The zero-order valence-electron chi connectivity index (χ0n) is 9.49. The molecule has 4 nitrogen and oxygen atoms in total. The fraction of sp³-hybridized carbons (Fsp3) is 0.455. The summed E-state index contributed by atoms with van der Waals surface area (Å²) in [5.41, 5.74) is 0.386. The Morgan fingerprint density at radius 3 is 1.94 bits per heavy atom. The van der Waals surface area contributed by atoms with Crippen LogP contribution < -0.4 is 14.2 Å². The highest BCUT2D eigenvalue weighted by molar-refractivity contribution is 5.54. The van der Waals surface area contributed by atoms with Crippen molar-refractivity contribution in [1.29, 1.82) is 0 Å². The van der Waals surface area contributed by atoms with Crippen LogP contribution in [0.3, 0.4) is 0 Å². The SMILES string of the molecule is COc1cc(C(O)CF)cc(OC)c1OC. The van der Waals surface area contributed by atoms with E-state index in [1.165, 1.54) is 33.5 Å². The van der Waals surface area contributed by atoms with Crippen molar-refractivity contribution in [3.63, 3.8) is 0 Å². The summed E-state index contributed by atoms with van der Waals surface area (Å²) in [5.74, 6) is 1.20. The number of hydrogen-bond acceptors (Lipinski definition) is 4. The first-order valence-electron chi connectivity index (χ1n) is 4.71. The molecule has 0 bridgehead atoms. The molecule has 16 heavy (non-hydrogen) atoms. The first kappa shape index (κ1) is 12.6. The molecule has 0 fully saturated rings. The number of alkyl halides is 1. The molecule has 1 aromatic rings. The lowest BCUT2D eigenvalue weighted by Gasteiger charge is -2.15. The van der Waals surface area contributed by atoms with E-state index in [4.69, 9.17) is 14.2 Å². The Labute approximate surface area is 93.6 Å². The Hall–Kier alpha value is -1.49. The highest BCUT2D eigenvalue weighted by Gasteiger charge is 2.16. The molecule has 0 heterocycles. The summed E-state index contributed by atoms with van der Waals surface area (Å²) in [6, 6.07) is 3.04. The lowest BCUT2D eigenvalue weighted by Crippen LogP contribution is -2.02. The largest absolute Gasteiger partial charge is 0.493 e.